The van der Waals surface area contributed by atoms with E-state index in [1.165, 1.54) is 13.2 Å². The number of anilines is 2. The average Bonchev–Trinajstić information content (AvgIpc) is 3.28. The number of hydrogen-bond acceptors (Lipinski definition) is 5. The number of benzene rings is 2. The topological polar surface area (TPSA) is 102 Å². The monoisotopic (exact) mass is 438 g/mol. The molecule has 0 spiro atoms. The van der Waals surface area contributed by atoms with Crippen molar-refractivity contribution in [1.29, 1.82) is 0 Å². The summed E-state index contributed by atoms with van der Waals surface area (Å²) < 4.78 is 36.0. The van der Waals surface area contributed by atoms with Gasteiger partial charge in [-0.1, -0.05) is 17.7 Å². The van der Waals surface area contributed by atoms with Crippen molar-refractivity contribution in [2.75, 3.05) is 17.1 Å². The van der Waals surface area contributed by atoms with Crippen molar-refractivity contribution in [2.24, 2.45) is 7.05 Å². The van der Waals surface area contributed by atoms with Crippen molar-refractivity contribution < 1.29 is 17.9 Å². The van der Waals surface area contributed by atoms with E-state index in [0.29, 0.717) is 33.6 Å². The quantitative estimate of drug-likeness (QED) is 0.592. The fourth-order valence-electron chi connectivity index (χ4n) is 3.64. The van der Waals surface area contributed by atoms with Crippen LogP contribution in [0.25, 0.3) is 16.7 Å². The maximum atomic E-state index is 13.2. The van der Waals surface area contributed by atoms with Crippen LogP contribution in [0.4, 0.5) is 11.4 Å². The minimum atomic E-state index is -3.97. The van der Waals surface area contributed by atoms with E-state index in [2.05, 4.69) is 15.1 Å². The molecule has 160 valence electrons. The number of amides is 1. The number of allylic oxidation sites excluding steroid dienone is 1. The summed E-state index contributed by atoms with van der Waals surface area (Å²) >= 11 is 0. The first-order chi connectivity index (χ1) is 14.7. The molecule has 4 rings (SSSR count). The lowest BCUT2D eigenvalue weighted by Gasteiger charge is -2.15. The molecule has 1 aromatic heterocycles. The molecule has 8 nitrogen and oxygen atoms in total. The van der Waals surface area contributed by atoms with E-state index >= 15 is 0 Å². The number of hydrogen-bond donors (Lipinski definition) is 2. The van der Waals surface area contributed by atoms with Gasteiger partial charge in [-0.3, -0.25) is 14.2 Å². The summed E-state index contributed by atoms with van der Waals surface area (Å²) in [5, 5.41) is 7.06. The Morgan fingerprint density at radius 3 is 2.55 bits per heavy atom. The van der Waals surface area contributed by atoms with Gasteiger partial charge in [0.25, 0.3) is 15.9 Å². The number of sulfonamides is 1. The lowest BCUT2D eigenvalue weighted by molar-refractivity contribution is -0.110. The molecule has 0 atom stereocenters. The summed E-state index contributed by atoms with van der Waals surface area (Å²) in [6.45, 7) is 3.69. The number of aryl methyl sites for hydroxylation is 1. The van der Waals surface area contributed by atoms with E-state index in [0.717, 1.165) is 5.57 Å². The van der Waals surface area contributed by atoms with E-state index in [-0.39, 0.29) is 16.6 Å². The average molecular weight is 439 g/mol. The third-order valence-corrected chi connectivity index (χ3v) is 6.43. The van der Waals surface area contributed by atoms with Crippen LogP contribution in [0.15, 0.2) is 59.3 Å². The van der Waals surface area contributed by atoms with Gasteiger partial charge >= 0.3 is 0 Å². The Morgan fingerprint density at radius 2 is 1.90 bits per heavy atom. The largest absolute Gasteiger partial charge is 0.495 e. The molecule has 1 aliphatic heterocycles. The van der Waals surface area contributed by atoms with Gasteiger partial charge in [-0.05, 0) is 38.1 Å². The zero-order valence-corrected chi connectivity index (χ0v) is 18.4. The van der Waals surface area contributed by atoms with Crippen LogP contribution in [0.5, 0.6) is 5.75 Å². The third kappa shape index (κ3) is 3.68. The Bertz CT molecular complexity index is 1340. The van der Waals surface area contributed by atoms with E-state index in [4.69, 9.17) is 4.74 Å². The summed E-state index contributed by atoms with van der Waals surface area (Å²) in [7, 11) is -0.776. The van der Waals surface area contributed by atoms with Crippen LogP contribution in [-0.4, -0.2) is 31.2 Å². The Balaban J connectivity index is 1.90. The smallest absolute Gasteiger partial charge is 0.265 e. The second-order valence-electron chi connectivity index (χ2n) is 7.43. The summed E-state index contributed by atoms with van der Waals surface area (Å²) in [6.07, 6.45) is 3.42. The summed E-state index contributed by atoms with van der Waals surface area (Å²) in [4.78, 5) is 12.5. The van der Waals surface area contributed by atoms with Crippen LogP contribution < -0.4 is 14.8 Å². The van der Waals surface area contributed by atoms with Crippen LogP contribution >= 0.6 is 0 Å². The molecule has 0 saturated carbocycles. The molecule has 2 heterocycles. The van der Waals surface area contributed by atoms with Crippen LogP contribution in [0.3, 0.4) is 0 Å². The third-order valence-electron chi connectivity index (χ3n) is 5.02. The van der Waals surface area contributed by atoms with Gasteiger partial charge in [-0.2, -0.15) is 5.10 Å². The highest BCUT2D eigenvalue weighted by Crippen LogP contribution is 2.42. The molecule has 0 aliphatic carbocycles. The Morgan fingerprint density at radius 1 is 1.16 bits per heavy atom. The van der Waals surface area contributed by atoms with Crippen molar-refractivity contribution in [3.63, 3.8) is 0 Å². The number of methoxy groups -OCH3 is 1. The highest BCUT2D eigenvalue weighted by molar-refractivity contribution is 7.92. The van der Waals surface area contributed by atoms with E-state index in [1.54, 1.807) is 54.5 Å². The van der Waals surface area contributed by atoms with E-state index < -0.39 is 10.0 Å². The number of fused-ring (bicyclic) bond motifs is 1. The first-order valence-corrected chi connectivity index (χ1v) is 11.0. The van der Waals surface area contributed by atoms with Crippen LogP contribution in [-0.2, 0) is 21.9 Å². The second kappa shape index (κ2) is 7.59. The fraction of sp³-hybridized carbons (Fsp3) is 0.182. The molecule has 0 bridgehead atoms. The first kappa shape index (κ1) is 20.7. The van der Waals surface area contributed by atoms with Crippen LogP contribution in [0.1, 0.15) is 19.4 Å². The predicted octanol–water partition coefficient (Wildman–Crippen LogP) is 3.64. The molecule has 3 aromatic rings. The molecule has 0 fully saturated rings. The normalized spacial score (nSPS) is 13.0. The van der Waals surface area contributed by atoms with Gasteiger partial charge in [0.2, 0.25) is 0 Å². The van der Waals surface area contributed by atoms with Crippen LogP contribution in [0, 0.1) is 0 Å². The van der Waals surface area contributed by atoms with Gasteiger partial charge in [0.1, 0.15) is 10.6 Å². The molecule has 9 heteroatoms. The maximum absolute atomic E-state index is 13.2. The maximum Gasteiger partial charge on any atom is 0.265 e. The molecule has 2 aromatic carbocycles. The van der Waals surface area contributed by atoms with Crippen molar-refractivity contribution in [1.82, 2.24) is 9.78 Å². The molecule has 0 saturated heterocycles. The highest BCUT2D eigenvalue weighted by atomic mass is 32.2. The zero-order chi connectivity index (χ0) is 22.3. The fourth-order valence-corrected chi connectivity index (χ4v) is 4.88. The Kier molecular flexibility index (Phi) is 5.06. The summed E-state index contributed by atoms with van der Waals surface area (Å²) in [6, 6.07) is 9.84. The van der Waals surface area contributed by atoms with Gasteiger partial charge < -0.3 is 10.1 Å². The molecule has 2 N–H and O–H groups in total. The standard InChI is InChI=1S/C22H22N4O4S/c1-13(2)21-16-10-18(25-31(28,29)20-8-6-5-7-19(20)30-4)15(9-17(16)24-22(21)27)14-11-23-26(3)12-14/h5-12,25H,1-4H3,(H,24,27). The highest BCUT2D eigenvalue weighted by Gasteiger charge is 2.29. The number of nitrogens with one attached hydrogen (secondary N) is 2. The minimum absolute atomic E-state index is 0.0202. The number of nitrogens with zero attached hydrogens (tertiary/aromatic N) is 2. The summed E-state index contributed by atoms with van der Waals surface area (Å²) in [5.41, 5.74) is 4.29. The van der Waals surface area contributed by atoms with E-state index in [9.17, 15) is 13.2 Å². The number of aromatic nitrogens is 2. The number of carbonyl (C=O) groups is 1. The molecule has 1 aliphatic rings. The molecular weight excluding hydrogens is 416 g/mol. The van der Waals surface area contributed by atoms with E-state index in [1.807, 2.05) is 13.8 Å². The van der Waals surface area contributed by atoms with Crippen molar-refractivity contribution in [3.8, 4) is 16.9 Å². The Labute approximate surface area is 180 Å². The van der Waals surface area contributed by atoms with Crippen LogP contribution in [0.2, 0.25) is 0 Å². The molecule has 0 radical (unpaired) electrons. The number of carbonyl (C=O) groups excluding carboxylic acids is 1. The SMILES string of the molecule is COc1ccccc1S(=O)(=O)Nc1cc2c(cc1-c1cnn(C)c1)NC(=O)C2=C(C)C. The first-order valence-electron chi connectivity index (χ1n) is 9.53. The lowest BCUT2D eigenvalue weighted by atomic mass is 9.98. The van der Waals surface area contributed by atoms with Gasteiger partial charge in [-0.15, -0.1) is 0 Å². The predicted molar refractivity (Wildman–Crippen MR) is 119 cm³/mol. The number of rotatable bonds is 5. The molecule has 31 heavy (non-hydrogen) atoms. The van der Waals surface area contributed by atoms with Gasteiger partial charge in [-0.25, -0.2) is 8.42 Å². The molecule has 0 unspecified atom stereocenters. The number of para-hydroxylation sites is 1. The summed E-state index contributed by atoms with van der Waals surface area (Å²) in [5.74, 6) is 0.0257. The van der Waals surface area contributed by atoms with Gasteiger partial charge in [0.15, 0.2) is 0 Å². The second-order valence-corrected chi connectivity index (χ2v) is 9.08. The molecule has 1 amide bonds. The van der Waals surface area contributed by atoms with Gasteiger partial charge in [0.05, 0.1) is 19.0 Å². The Hall–Kier alpha value is -3.59. The minimum Gasteiger partial charge on any atom is -0.495 e. The van der Waals surface area contributed by atoms with Gasteiger partial charge in [0, 0.05) is 41.2 Å². The molecular formula is C22H22N4O4S. The number of ether oxygens (including phenoxy) is 1. The zero-order valence-electron chi connectivity index (χ0n) is 17.6. The van der Waals surface area contributed by atoms with Crippen molar-refractivity contribution >= 4 is 32.9 Å². The van der Waals surface area contributed by atoms with Crippen molar-refractivity contribution in [3.05, 3.63) is 59.9 Å². The van der Waals surface area contributed by atoms with Crippen molar-refractivity contribution in [2.45, 2.75) is 18.7 Å². The lowest BCUT2D eigenvalue weighted by Crippen LogP contribution is -2.15.